The minimum absolute atomic E-state index is 0.00596. The Bertz CT molecular complexity index is 791. The van der Waals surface area contributed by atoms with E-state index < -0.39 is 17.7 Å². The van der Waals surface area contributed by atoms with Gasteiger partial charge in [0.1, 0.15) is 11.4 Å². The van der Waals surface area contributed by atoms with Gasteiger partial charge in [-0.15, -0.1) is 0 Å². The summed E-state index contributed by atoms with van der Waals surface area (Å²) in [5, 5.41) is 2.67. The van der Waals surface area contributed by atoms with E-state index in [0.717, 1.165) is 4.47 Å². The molecule has 0 saturated heterocycles. The number of nitrogens with one attached hydrogen (secondary N) is 1. The number of hydrogen-bond donors (Lipinski definition) is 1. The molecule has 1 saturated carbocycles. The van der Waals surface area contributed by atoms with Crippen LogP contribution in [0.4, 0.5) is 5.69 Å². The van der Waals surface area contributed by atoms with Crippen LogP contribution in [0.15, 0.2) is 45.4 Å². The highest BCUT2D eigenvalue weighted by molar-refractivity contribution is 9.10. The molecule has 1 N–H and O–H groups in total. The van der Waals surface area contributed by atoms with Gasteiger partial charge in [0.05, 0.1) is 5.92 Å². The Morgan fingerprint density at radius 3 is 2.54 bits per heavy atom. The van der Waals surface area contributed by atoms with Gasteiger partial charge in [-0.05, 0) is 42.2 Å². The third kappa shape index (κ3) is 3.38. The zero-order valence-corrected chi connectivity index (χ0v) is 15.0. The molecule has 1 unspecified atom stereocenters. The standard InChI is InChI=1S/C18H17BrN2O3/c1-18(2)8-14-12(15(22)9-18)7-13(17(24)21-14)16(23)20-11-5-3-10(19)4-6-11/h3-7,12H,8-9H2,1-2H3,(H,20,23). The summed E-state index contributed by atoms with van der Waals surface area (Å²) in [7, 11) is 0. The summed E-state index contributed by atoms with van der Waals surface area (Å²) >= 11 is 3.32. The number of nitrogens with zero attached hydrogens (tertiary/aromatic N) is 1. The number of amides is 2. The fourth-order valence-corrected chi connectivity index (χ4v) is 3.33. The highest BCUT2D eigenvalue weighted by atomic mass is 79.9. The van der Waals surface area contributed by atoms with E-state index in [9.17, 15) is 14.4 Å². The van der Waals surface area contributed by atoms with Gasteiger partial charge in [0.2, 0.25) is 0 Å². The molecule has 2 aliphatic rings. The van der Waals surface area contributed by atoms with Crippen LogP contribution in [0.3, 0.4) is 0 Å². The third-order valence-electron chi connectivity index (χ3n) is 4.17. The zero-order valence-electron chi connectivity index (χ0n) is 13.4. The van der Waals surface area contributed by atoms with E-state index in [1.807, 2.05) is 13.8 Å². The van der Waals surface area contributed by atoms with Gasteiger partial charge >= 0.3 is 0 Å². The molecule has 124 valence electrons. The van der Waals surface area contributed by atoms with Crippen LogP contribution >= 0.6 is 15.9 Å². The van der Waals surface area contributed by atoms with E-state index in [1.54, 1.807) is 24.3 Å². The Morgan fingerprint density at radius 1 is 1.21 bits per heavy atom. The van der Waals surface area contributed by atoms with Gasteiger partial charge in [0.15, 0.2) is 0 Å². The molecule has 1 aliphatic carbocycles. The van der Waals surface area contributed by atoms with Gasteiger partial charge < -0.3 is 5.32 Å². The van der Waals surface area contributed by atoms with E-state index in [2.05, 4.69) is 26.2 Å². The lowest BCUT2D eigenvalue weighted by Gasteiger charge is -2.34. The van der Waals surface area contributed by atoms with Crippen LogP contribution in [0.2, 0.25) is 0 Å². The van der Waals surface area contributed by atoms with Crippen LogP contribution in [-0.2, 0) is 14.4 Å². The molecule has 0 spiro atoms. The molecule has 5 nitrogen and oxygen atoms in total. The van der Waals surface area contributed by atoms with E-state index in [1.165, 1.54) is 6.08 Å². The number of halogens is 1. The number of hydrogen-bond acceptors (Lipinski definition) is 3. The van der Waals surface area contributed by atoms with Crippen molar-refractivity contribution < 1.29 is 14.4 Å². The van der Waals surface area contributed by atoms with Crippen molar-refractivity contribution in [1.29, 1.82) is 0 Å². The van der Waals surface area contributed by atoms with Crippen molar-refractivity contribution in [3.63, 3.8) is 0 Å². The first-order chi connectivity index (χ1) is 11.2. The van der Waals surface area contributed by atoms with E-state index in [0.29, 0.717) is 24.2 Å². The molecule has 0 bridgehead atoms. The summed E-state index contributed by atoms with van der Waals surface area (Å²) < 4.78 is 0.887. The summed E-state index contributed by atoms with van der Waals surface area (Å²) in [6.45, 7) is 3.96. The summed E-state index contributed by atoms with van der Waals surface area (Å²) in [6, 6.07) is 7.02. The first-order valence-electron chi connectivity index (χ1n) is 7.68. The minimum Gasteiger partial charge on any atom is -0.322 e. The molecule has 1 aromatic rings. The van der Waals surface area contributed by atoms with Crippen molar-refractivity contribution in [3.05, 3.63) is 40.4 Å². The number of fused-ring (bicyclic) bond motifs is 1. The van der Waals surface area contributed by atoms with E-state index in [-0.39, 0.29) is 16.8 Å². The molecule has 1 aliphatic heterocycles. The van der Waals surface area contributed by atoms with Gasteiger partial charge in [-0.25, -0.2) is 4.99 Å². The molecular weight excluding hydrogens is 372 g/mol. The normalized spacial score (nSPS) is 22.4. The lowest BCUT2D eigenvalue weighted by molar-refractivity contribution is -0.122. The van der Waals surface area contributed by atoms with Gasteiger partial charge in [0.25, 0.3) is 11.8 Å². The summed E-state index contributed by atoms with van der Waals surface area (Å²) in [4.78, 5) is 41.0. The van der Waals surface area contributed by atoms with Gasteiger partial charge in [-0.1, -0.05) is 29.8 Å². The SMILES string of the molecule is CC1(C)CC(=O)C2C=C(C(=O)Nc3ccc(Br)cc3)C(=O)N=C2C1. The van der Waals surface area contributed by atoms with Crippen LogP contribution in [0.25, 0.3) is 0 Å². The summed E-state index contributed by atoms with van der Waals surface area (Å²) in [5.41, 5.74) is 0.876. The Labute approximate surface area is 148 Å². The Hall–Kier alpha value is -2.08. The maximum absolute atomic E-state index is 12.4. The maximum Gasteiger partial charge on any atom is 0.282 e. The van der Waals surface area contributed by atoms with Crippen LogP contribution in [0, 0.1) is 11.3 Å². The molecule has 1 heterocycles. The van der Waals surface area contributed by atoms with Crippen molar-refractivity contribution >= 4 is 44.9 Å². The molecular formula is C18H17BrN2O3. The zero-order chi connectivity index (χ0) is 17.5. The van der Waals surface area contributed by atoms with Gasteiger partial charge in [-0.3, -0.25) is 14.4 Å². The average Bonchev–Trinajstić information content (AvgIpc) is 2.47. The number of allylic oxidation sites excluding steroid dienone is 1. The molecule has 2 amide bonds. The number of rotatable bonds is 2. The number of dihydropyridines is 1. The topological polar surface area (TPSA) is 75.6 Å². The molecule has 0 radical (unpaired) electrons. The first kappa shape index (κ1) is 16.8. The highest BCUT2D eigenvalue weighted by Gasteiger charge is 2.40. The lowest BCUT2D eigenvalue weighted by atomic mass is 9.70. The maximum atomic E-state index is 12.4. The number of benzene rings is 1. The van der Waals surface area contributed by atoms with E-state index >= 15 is 0 Å². The smallest absolute Gasteiger partial charge is 0.282 e. The Kier molecular flexibility index (Phi) is 4.25. The van der Waals surface area contributed by atoms with Crippen LogP contribution in [0.1, 0.15) is 26.7 Å². The quantitative estimate of drug-likeness (QED) is 0.789. The minimum atomic E-state index is -0.582. The highest BCUT2D eigenvalue weighted by Crippen LogP contribution is 2.37. The number of Topliss-reactive ketones (excluding diaryl/α,β-unsaturated/α-hetero) is 1. The third-order valence-corrected chi connectivity index (χ3v) is 4.70. The predicted molar refractivity (Wildman–Crippen MR) is 94.8 cm³/mol. The average molecular weight is 389 g/mol. The Balaban J connectivity index is 1.82. The monoisotopic (exact) mass is 388 g/mol. The van der Waals surface area contributed by atoms with Gasteiger partial charge in [0, 0.05) is 22.3 Å². The molecule has 1 fully saturated rings. The number of carbonyl (C=O) groups excluding carboxylic acids is 3. The lowest BCUT2D eigenvalue weighted by Crippen LogP contribution is -2.40. The van der Waals surface area contributed by atoms with Crippen molar-refractivity contribution in [2.75, 3.05) is 5.32 Å². The molecule has 6 heteroatoms. The van der Waals surface area contributed by atoms with Crippen LogP contribution in [-0.4, -0.2) is 23.3 Å². The number of aliphatic imine (C=N–C) groups is 1. The van der Waals surface area contributed by atoms with Crippen molar-refractivity contribution in [2.24, 2.45) is 16.3 Å². The number of carbonyl (C=O) groups is 3. The largest absolute Gasteiger partial charge is 0.322 e. The molecule has 24 heavy (non-hydrogen) atoms. The van der Waals surface area contributed by atoms with Gasteiger partial charge in [-0.2, -0.15) is 0 Å². The summed E-state index contributed by atoms with van der Waals surface area (Å²) in [6.07, 6.45) is 2.48. The molecule has 3 rings (SSSR count). The van der Waals surface area contributed by atoms with E-state index in [4.69, 9.17) is 0 Å². The second kappa shape index (κ2) is 6.09. The Morgan fingerprint density at radius 2 is 1.88 bits per heavy atom. The molecule has 1 aromatic carbocycles. The van der Waals surface area contributed by atoms with Crippen LogP contribution in [0.5, 0.6) is 0 Å². The second-order valence-corrected chi connectivity index (χ2v) is 7.83. The van der Waals surface area contributed by atoms with Crippen LogP contribution < -0.4 is 5.32 Å². The van der Waals surface area contributed by atoms with Crippen molar-refractivity contribution in [2.45, 2.75) is 26.7 Å². The van der Waals surface area contributed by atoms with Crippen molar-refractivity contribution in [3.8, 4) is 0 Å². The van der Waals surface area contributed by atoms with Crippen molar-refractivity contribution in [1.82, 2.24) is 0 Å². The number of ketones is 1. The first-order valence-corrected chi connectivity index (χ1v) is 8.48. The fourth-order valence-electron chi connectivity index (χ4n) is 3.06. The molecule has 0 aromatic heterocycles. The number of anilines is 1. The fraction of sp³-hybridized carbons (Fsp3) is 0.333. The summed E-state index contributed by atoms with van der Waals surface area (Å²) in [5.74, 6) is -1.67. The second-order valence-electron chi connectivity index (χ2n) is 6.91. The predicted octanol–water partition coefficient (Wildman–Crippen LogP) is 3.30. The molecule has 1 atom stereocenters.